The zero-order valence-corrected chi connectivity index (χ0v) is 10.6. The number of benzene rings is 1. The fraction of sp³-hybridized carbons (Fsp3) is 0.462. The molecule has 0 aliphatic heterocycles. The molecule has 0 bridgehead atoms. The van der Waals surface area contributed by atoms with E-state index in [9.17, 15) is 9.90 Å². The first-order valence-electron chi connectivity index (χ1n) is 5.74. The molecule has 0 aliphatic carbocycles. The minimum Gasteiger partial charge on any atom is -0.508 e. The average Bonchev–Trinajstić information content (AvgIpc) is 2.28. The maximum absolute atomic E-state index is 12.2. The molecule has 4 nitrogen and oxygen atoms in total. The van der Waals surface area contributed by atoms with Crippen molar-refractivity contribution in [3.63, 3.8) is 0 Å². The Balaban J connectivity index is 2.89. The number of phenols is 1. The second kappa shape index (κ2) is 5.68. The predicted octanol–water partition coefficient (Wildman–Crippen LogP) is 1.59. The van der Waals surface area contributed by atoms with Gasteiger partial charge in [-0.1, -0.05) is 19.9 Å². The van der Waals surface area contributed by atoms with E-state index in [4.69, 9.17) is 5.73 Å². The Kier molecular flexibility index (Phi) is 4.52. The lowest BCUT2D eigenvalue weighted by Gasteiger charge is -2.25. The van der Waals surface area contributed by atoms with Gasteiger partial charge in [-0.05, 0) is 18.1 Å². The van der Waals surface area contributed by atoms with Crippen LogP contribution in [0.3, 0.4) is 0 Å². The van der Waals surface area contributed by atoms with Crippen LogP contribution in [0.2, 0.25) is 0 Å². The first-order valence-corrected chi connectivity index (χ1v) is 5.74. The predicted molar refractivity (Wildman–Crippen MR) is 68.9 cm³/mol. The van der Waals surface area contributed by atoms with Crippen molar-refractivity contribution in [2.24, 2.45) is 17.6 Å². The smallest absolute Gasteiger partial charge is 0.231 e. The molecule has 0 fully saturated rings. The van der Waals surface area contributed by atoms with Gasteiger partial charge in [0.1, 0.15) is 5.75 Å². The minimum atomic E-state index is -0.192. The Morgan fingerprint density at radius 2 is 2.12 bits per heavy atom. The summed E-state index contributed by atoms with van der Waals surface area (Å²) in [5.74, 6) is 0.138. The lowest BCUT2D eigenvalue weighted by atomic mass is 9.94. The molecule has 1 aromatic carbocycles. The third-order valence-corrected chi connectivity index (χ3v) is 2.92. The molecule has 0 spiro atoms. The molecule has 0 heterocycles. The normalized spacial score (nSPS) is 12.5. The highest BCUT2D eigenvalue weighted by Crippen LogP contribution is 2.22. The van der Waals surface area contributed by atoms with Crippen molar-refractivity contribution in [2.75, 3.05) is 18.5 Å². The molecule has 3 N–H and O–H groups in total. The first kappa shape index (κ1) is 13.5. The molecule has 1 atom stereocenters. The number of hydrogen-bond acceptors (Lipinski definition) is 3. The Morgan fingerprint density at radius 1 is 1.47 bits per heavy atom. The molecule has 1 unspecified atom stereocenters. The van der Waals surface area contributed by atoms with Gasteiger partial charge in [0.2, 0.25) is 5.91 Å². The van der Waals surface area contributed by atoms with Crippen LogP contribution in [-0.2, 0) is 4.79 Å². The van der Waals surface area contributed by atoms with Crippen LogP contribution in [0.5, 0.6) is 5.75 Å². The molecule has 0 saturated carbocycles. The molecule has 0 aliphatic rings. The summed E-state index contributed by atoms with van der Waals surface area (Å²) in [5.41, 5.74) is 6.30. The number of carbonyl (C=O) groups is 1. The topological polar surface area (TPSA) is 66.6 Å². The number of phenolic OH excluding ortho intramolecular Hbond substituents is 1. The molecule has 1 amide bonds. The number of anilines is 1. The molecule has 1 aromatic rings. The van der Waals surface area contributed by atoms with E-state index in [0.29, 0.717) is 12.2 Å². The number of nitrogens with two attached hydrogens (primary N) is 1. The van der Waals surface area contributed by atoms with Crippen molar-refractivity contribution in [1.29, 1.82) is 0 Å². The van der Waals surface area contributed by atoms with E-state index >= 15 is 0 Å². The molecule has 1 rings (SSSR count). The number of amides is 1. The minimum absolute atomic E-state index is 0.0203. The highest BCUT2D eigenvalue weighted by Gasteiger charge is 2.24. The lowest BCUT2D eigenvalue weighted by molar-refractivity contribution is -0.123. The highest BCUT2D eigenvalue weighted by atomic mass is 16.3. The molecule has 94 valence electrons. The Morgan fingerprint density at radius 3 is 2.59 bits per heavy atom. The first-order chi connectivity index (χ1) is 7.97. The second-order valence-corrected chi connectivity index (χ2v) is 4.50. The van der Waals surface area contributed by atoms with Gasteiger partial charge in [0.15, 0.2) is 0 Å². The van der Waals surface area contributed by atoms with Crippen LogP contribution < -0.4 is 10.6 Å². The van der Waals surface area contributed by atoms with Crippen molar-refractivity contribution in [2.45, 2.75) is 13.8 Å². The number of rotatable bonds is 4. The van der Waals surface area contributed by atoms with Crippen molar-refractivity contribution in [3.8, 4) is 5.75 Å². The number of nitrogens with zero attached hydrogens (tertiary/aromatic N) is 1. The van der Waals surface area contributed by atoms with Crippen LogP contribution >= 0.6 is 0 Å². The molecule has 0 aromatic heterocycles. The molecular formula is C13H20N2O2. The quantitative estimate of drug-likeness (QED) is 0.834. The number of aromatic hydroxyl groups is 1. The van der Waals surface area contributed by atoms with Crippen molar-refractivity contribution >= 4 is 11.6 Å². The third-order valence-electron chi connectivity index (χ3n) is 2.92. The molecule has 0 radical (unpaired) electrons. The van der Waals surface area contributed by atoms with Gasteiger partial charge < -0.3 is 15.7 Å². The summed E-state index contributed by atoms with van der Waals surface area (Å²) in [6.45, 7) is 4.29. The number of hydrogen-bond donors (Lipinski definition) is 2. The standard InChI is InChI=1S/C13H20N2O2/c1-9(2)12(8-14)13(17)15(3)10-5-4-6-11(16)7-10/h4-7,9,12,16H,8,14H2,1-3H3. The molecule has 17 heavy (non-hydrogen) atoms. The Bertz CT molecular complexity index is 391. The van der Waals surface area contributed by atoms with Crippen LogP contribution in [0.15, 0.2) is 24.3 Å². The van der Waals surface area contributed by atoms with E-state index in [1.54, 1.807) is 31.3 Å². The summed E-state index contributed by atoms with van der Waals surface area (Å²) in [6.07, 6.45) is 0. The third kappa shape index (κ3) is 3.20. The van der Waals surface area contributed by atoms with Crippen LogP contribution in [0.25, 0.3) is 0 Å². The average molecular weight is 236 g/mol. The van der Waals surface area contributed by atoms with E-state index in [-0.39, 0.29) is 23.5 Å². The second-order valence-electron chi connectivity index (χ2n) is 4.50. The van der Waals surface area contributed by atoms with Gasteiger partial charge >= 0.3 is 0 Å². The van der Waals surface area contributed by atoms with E-state index in [1.807, 2.05) is 13.8 Å². The molecule has 0 saturated heterocycles. The summed E-state index contributed by atoms with van der Waals surface area (Å²) in [4.78, 5) is 13.7. The lowest BCUT2D eigenvalue weighted by Crippen LogP contribution is -2.39. The SMILES string of the molecule is CC(C)C(CN)C(=O)N(C)c1cccc(O)c1. The Hall–Kier alpha value is -1.55. The summed E-state index contributed by atoms with van der Waals surface area (Å²) >= 11 is 0. The van der Waals surface area contributed by atoms with Crippen LogP contribution in [-0.4, -0.2) is 24.6 Å². The van der Waals surface area contributed by atoms with E-state index in [0.717, 1.165) is 0 Å². The van der Waals surface area contributed by atoms with Gasteiger partial charge in [-0.25, -0.2) is 0 Å². The van der Waals surface area contributed by atoms with Gasteiger partial charge in [-0.3, -0.25) is 4.79 Å². The fourth-order valence-corrected chi connectivity index (χ4v) is 1.74. The maximum atomic E-state index is 12.2. The maximum Gasteiger partial charge on any atom is 0.231 e. The van der Waals surface area contributed by atoms with Gasteiger partial charge in [-0.2, -0.15) is 0 Å². The summed E-state index contributed by atoms with van der Waals surface area (Å²) < 4.78 is 0. The zero-order valence-electron chi connectivity index (χ0n) is 10.6. The van der Waals surface area contributed by atoms with Gasteiger partial charge in [-0.15, -0.1) is 0 Å². The van der Waals surface area contributed by atoms with Crippen molar-refractivity contribution < 1.29 is 9.90 Å². The van der Waals surface area contributed by atoms with Crippen LogP contribution in [0, 0.1) is 11.8 Å². The van der Waals surface area contributed by atoms with Crippen molar-refractivity contribution in [3.05, 3.63) is 24.3 Å². The highest BCUT2D eigenvalue weighted by molar-refractivity contribution is 5.95. The van der Waals surface area contributed by atoms with Crippen LogP contribution in [0.4, 0.5) is 5.69 Å². The van der Waals surface area contributed by atoms with Gasteiger partial charge in [0.05, 0.1) is 5.92 Å². The Labute approximate surface area is 102 Å². The monoisotopic (exact) mass is 236 g/mol. The van der Waals surface area contributed by atoms with E-state index < -0.39 is 0 Å². The van der Waals surface area contributed by atoms with Gasteiger partial charge in [0.25, 0.3) is 0 Å². The summed E-state index contributed by atoms with van der Waals surface area (Å²) in [5, 5.41) is 9.39. The number of carbonyl (C=O) groups excluding carboxylic acids is 1. The van der Waals surface area contributed by atoms with Crippen molar-refractivity contribution in [1.82, 2.24) is 0 Å². The van der Waals surface area contributed by atoms with Crippen LogP contribution in [0.1, 0.15) is 13.8 Å². The molecule has 4 heteroatoms. The molecular weight excluding hydrogens is 216 g/mol. The fourth-order valence-electron chi connectivity index (χ4n) is 1.74. The zero-order chi connectivity index (χ0) is 13.0. The largest absolute Gasteiger partial charge is 0.508 e. The summed E-state index contributed by atoms with van der Waals surface area (Å²) in [7, 11) is 1.70. The summed E-state index contributed by atoms with van der Waals surface area (Å²) in [6, 6.07) is 6.63. The van der Waals surface area contributed by atoms with E-state index in [1.165, 1.54) is 4.90 Å². The van der Waals surface area contributed by atoms with E-state index in [2.05, 4.69) is 0 Å². The van der Waals surface area contributed by atoms with Gasteiger partial charge in [0, 0.05) is 25.3 Å².